The fourth-order valence-corrected chi connectivity index (χ4v) is 3.15. The van der Waals surface area contributed by atoms with Crippen LogP contribution in [-0.4, -0.2) is 91.7 Å². The number of hydrogen-bond donors (Lipinski definition) is 4. The van der Waals surface area contributed by atoms with E-state index in [2.05, 4.69) is 0 Å². The third kappa shape index (κ3) is 3.07. The molecule has 4 aliphatic rings. The number of hydrogen-bond acceptors (Lipinski definition) is 9. The standard InChI is InChI=1S/C6H10O4S.C6H10O4/c7-3-1-8-6-4(10-11)2-9-5(3)6;7-3-1-9-6-4(8)2-10-5(3)6/h3-7,11H,1-2H2;3-8H,1-2H2/t2*3-,4-,5+,6+/m00/s1/i/hT. The molecule has 0 saturated carbocycles. The van der Waals surface area contributed by atoms with Gasteiger partial charge in [0.2, 0.25) is 0 Å². The highest BCUT2D eigenvalue weighted by atomic mass is 32.1. The number of aliphatic hydroxyl groups is 3. The second-order valence-corrected chi connectivity index (χ2v) is 5.72. The van der Waals surface area contributed by atoms with Gasteiger partial charge in [0, 0.05) is 0 Å². The van der Waals surface area contributed by atoms with Crippen molar-refractivity contribution in [2.24, 2.45) is 0 Å². The van der Waals surface area contributed by atoms with Crippen molar-refractivity contribution in [2.75, 3.05) is 26.4 Å². The zero-order valence-corrected chi connectivity index (χ0v) is 12.1. The Morgan fingerprint density at radius 3 is 1.71 bits per heavy atom. The van der Waals surface area contributed by atoms with E-state index < -0.39 is 18.3 Å². The van der Waals surface area contributed by atoms with E-state index in [0.717, 1.165) is 0 Å². The molecule has 3 N–H and O–H groups in total. The van der Waals surface area contributed by atoms with E-state index in [1.165, 1.54) is 0 Å². The number of fused-ring (bicyclic) bond motifs is 2. The molecular formula is C12H20O8S. The maximum absolute atomic E-state index is 9.33. The maximum Gasteiger partial charge on any atom is 0.135 e. The predicted molar refractivity (Wildman–Crippen MR) is 70.8 cm³/mol. The smallest absolute Gasteiger partial charge is 0.135 e. The normalized spacial score (nSPS) is 52.0. The van der Waals surface area contributed by atoms with Crippen LogP contribution >= 0.6 is 12.8 Å². The van der Waals surface area contributed by atoms with Crippen LogP contribution in [0.2, 0.25) is 0 Å². The summed E-state index contributed by atoms with van der Waals surface area (Å²) in [5.41, 5.74) is 0. The fourth-order valence-electron chi connectivity index (χ4n) is 2.99. The minimum Gasteiger partial charge on any atom is -0.388 e. The molecule has 8 nitrogen and oxygen atoms in total. The van der Waals surface area contributed by atoms with Crippen molar-refractivity contribution in [1.29, 1.82) is 1.12 Å². The van der Waals surface area contributed by atoms with Gasteiger partial charge in [0.1, 0.15) is 50.0 Å². The molecule has 4 fully saturated rings. The summed E-state index contributed by atoms with van der Waals surface area (Å²) in [6.07, 6.45) is -2.91. The Labute approximate surface area is 128 Å². The zero-order valence-electron chi connectivity index (χ0n) is 12.2. The maximum atomic E-state index is 9.33. The van der Waals surface area contributed by atoms with Crippen LogP contribution in [0.4, 0.5) is 0 Å². The monoisotopic (exact) mass is 326 g/mol. The van der Waals surface area contributed by atoms with E-state index in [1.807, 2.05) is 0 Å². The van der Waals surface area contributed by atoms with Gasteiger partial charge in [0.25, 0.3) is 0 Å². The van der Waals surface area contributed by atoms with Gasteiger partial charge in [-0.05, 0) is 12.8 Å². The number of thiol groups is 1. The first kappa shape index (κ1) is 14.6. The first-order chi connectivity index (χ1) is 10.6. The van der Waals surface area contributed by atoms with Crippen molar-refractivity contribution in [3.63, 3.8) is 0 Å². The van der Waals surface area contributed by atoms with Crippen LogP contribution in [-0.2, 0) is 23.1 Å². The molecule has 122 valence electrons. The molecular weight excluding hydrogens is 304 g/mol. The van der Waals surface area contributed by atoms with Crippen LogP contribution in [0.25, 0.3) is 0 Å². The van der Waals surface area contributed by atoms with Gasteiger partial charge in [-0.1, -0.05) is 0 Å². The lowest BCUT2D eigenvalue weighted by atomic mass is 10.1. The molecule has 4 rings (SSSR count). The van der Waals surface area contributed by atoms with Crippen LogP contribution in [0.15, 0.2) is 0 Å². The Balaban J connectivity index is 0.000000133. The summed E-state index contributed by atoms with van der Waals surface area (Å²) in [5.74, 6) is 0. The van der Waals surface area contributed by atoms with Gasteiger partial charge < -0.3 is 38.5 Å². The summed E-state index contributed by atoms with van der Waals surface area (Å²) in [6, 6.07) is 0. The molecule has 4 saturated heterocycles. The lowest BCUT2D eigenvalue weighted by molar-refractivity contribution is 0.00205. The summed E-state index contributed by atoms with van der Waals surface area (Å²) in [5, 5.41) is 27.6. The summed E-state index contributed by atoms with van der Waals surface area (Å²) >= 11 is 0.557. The van der Waals surface area contributed by atoms with Gasteiger partial charge in [-0.2, -0.15) is 0 Å². The second kappa shape index (κ2) is 6.65. The fraction of sp³-hybridized carbons (Fsp3) is 1.00. The van der Waals surface area contributed by atoms with E-state index >= 15 is 0 Å². The van der Waals surface area contributed by atoms with Crippen molar-refractivity contribution in [1.82, 2.24) is 0 Å². The van der Waals surface area contributed by atoms with Crippen molar-refractivity contribution < 1.29 is 38.5 Å². The molecule has 0 spiro atoms. The molecule has 0 aromatic rings. The zero-order chi connectivity index (χ0) is 15.7. The average molecular weight is 326 g/mol. The topological polar surface area (TPSA) is 107 Å². The van der Waals surface area contributed by atoms with E-state index in [9.17, 15) is 5.11 Å². The third-order valence-corrected chi connectivity index (χ3v) is 4.35. The van der Waals surface area contributed by atoms with Crippen molar-refractivity contribution >= 4 is 12.8 Å². The van der Waals surface area contributed by atoms with Gasteiger partial charge in [-0.15, -0.1) is 0 Å². The predicted octanol–water partition coefficient (Wildman–Crippen LogP) is -2.12. The summed E-state index contributed by atoms with van der Waals surface area (Å²) in [6.45, 7) is 1.27. The molecule has 9 heteroatoms. The number of aliphatic hydroxyl groups excluding tert-OH is 3. The molecule has 4 aliphatic heterocycles. The summed E-state index contributed by atoms with van der Waals surface area (Å²) < 4.78 is 32.4. The SMILES string of the molecule is O[C@H]1CO[C@H]2[C@@H]1OC[C@@H]2O.[3H]SO[C@H]1CO[C@H]2[C@@H]1OC[C@@H]2O. The van der Waals surface area contributed by atoms with E-state index in [-0.39, 0.29) is 43.7 Å². The van der Waals surface area contributed by atoms with E-state index in [1.54, 1.807) is 0 Å². The van der Waals surface area contributed by atoms with Crippen LogP contribution in [0.5, 0.6) is 0 Å². The number of rotatable bonds is 2. The molecule has 21 heavy (non-hydrogen) atoms. The third-order valence-electron chi connectivity index (χ3n) is 4.11. The summed E-state index contributed by atoms with van der Waals surface area (Å²) in [7, 11) is 0. The molecule has 0 radical (unpaired) electrons. The highest BCUT2D eigenvalue weighted by molar-refractivity contribution is 7.75. The highest BCUT2D eigenvalue weighted by Gasteiger charge is 2.48. The molecule has 0 aromatic carbocycles. The molecule has 0 aromatic heterocycles. The Kier molecular flexibility index (Phi) is 4.63. The Morgan fingerprint density at radius 1 is 0.762 bits per heavy atom. The van der Waals surface area contributed by atoms with Crippen molar-refractivity contribution in [2.45, 2.75) is 48.8 Å². The Morgan fingerprint density at radius 2 is 1.19 bits per heavy atom. The number of ether oxygens (including phenoxy) is 4. The first-order valence-corrected chi connectivity index (χ1v) is 7.24. The molecule has 4 heterocycles. The van der Waals surface area contributed by atoms with E-state index in [4.69, 9.17) is 34.5 Å². The van der Waals surface area contributed by atoms with Crippen LogP contribution in [0.1, 0.15) is 0 Å². The lowest BCUT2D eigenvalue weighted by Gasteiger charge is -2.11. The lowest BCUT2D eigenvalue weighted by Crippen LogP contribution is -2.31. The quantitative estimate of drug-likeness (QED) is 0.337. The largest absolute Gasteiger partial charge is 0.388 e. The average Bonchev–Trinajstić information content (AvgIpc) is 3.22. The highest BCUT2D eigenvalue weighted by Crippen LogP contribution is 2.29. The first-order valence-electron chi connectivity index (χ1n) is 7.32. The van der Waals surface area contributed by atoms with Gasteiger partial charge in [0.15, 0.2) is 0 Å². The molecule has 0 bridgehead atoms. The van der Waals surface area contributed by atoms with Gasteiger partial charge >= 0.3 is 0 Å². The molecule has 0 amide bonds. The van der Waals surface area contributed by atoms with Gasteiger partial charge in [-0.25, -0.2) is 0 Å². The van der Waals surface area contributed by atoms with Gasteiger partial charge in [0.05, 0.1) is 26.4 Å². The minimum absolute atomic E-state index is 0.196. The summed E-state index contributed by atoms with van der Waals surface area (Å²) in [4.78, 5) is 0. The molecule has 8 atom stereocenters. The van der Waals surface area contributed by atoms with Crippen LogP contribution < -0.4 is 0 Å². The Bertz CT molecular complexity index is 361. The molecule has 0 unspecified atom stereocenters. The van der Waals surface area contributed by atoms with Crippen molar-refractivity contribution in [3.8, 4) is 0 Å². The van der Waals surface area contributed by atoms with Crippen molar-refractivity contribution in [3.05, 3.63) is 0 Å². The Hall–Kier alpha value is 0.0300. The van der Waals surface area contributed by atoms with Gasteiger partial charge in [-0.3, -0.25) is 0 Å². The minimum atomic E-state index is -0.554. The second-order valence-electron chi connectivity index (χ2n) is 5.53. The van der Waals surface area contributed by atoms with Crippen LogP contribution in [0, 0.1) is 0 Å². The van der Waals surface area contributed by atoms with Crippen LogP contribution in [0.3, 0.4) is 0 Å². The van der Waals surface area contributed by atoms with E-state index in [0.29, 0.717) is 26.0 Å². The molecule has 0 aliphatic carbocycles.